The minimum atomic E-state index is 0. The molecule has 0 bridgehead atoms. The third-order valence-electron chi connectivity index (χ3n) is 0.607. The predicted molar refractivity (Wildman–Crippen MR) is 47.3 cm³/mol. The molecule has 0 aliphatic rings. The first-order chi connectivity index (χ1) is 4.41. The van der Waals surface area contributed by atoms with Gasteiger partial charge in [0.2, 0.25) is 0 Å². The summed E-state index contributed by atoms with van der Waals surface area (Å²) in [6, 6.07) is 12.5. The summed E-state index contributed by atoms with van der Waals surface area (Å²) in [7, 11) is 0. The normalized spacial score (nSPS) is 6.00. The Bertz CT molecular complexity index is 87.7. The van der Waals surface area contributed by atoms with E-state index >= 15 is 0 Å². The molecule has 0 aromatic heterocycles. The van der Waals surface area contributed by atoms with Crippen molar-refractivity contribution in [3.63, 3.8) is 0 Å². The van der Waals surface area contributed by atoms with E-state index in [4.69, 9.17) is 0 Å². The third-order valence-corrected chi connectivity index (χ3v) is 0.607. The first-order valence-corrected chi connectivity index (χ1v) is 3.07. The molecule has 0 saturated heterocycles. The van der Waals surface area contributed by atoms with E-state index in [1.54, 1.807) is 0 Å². The predicted octanol–water partition coefficient (Wildman–Crippen LogP) is 3.17. The molecule has 0 saturated carbocycles. The number of benzene rings is 1. The molecule has 0 aliphatic carbocycles. The summed E-state index contributed by atoms with van der Waals surface area (Å²) in [5.41, 5.74) is 0. The minimum absolute atomic E-state index is 0. The van der Waals surface area contributed by atoms with Crippen LogP contribution >= 0.6 is 0 Å². The summed E-state index contributed by atoms with van der Waals surface area (Å²) in [5.74, 6) is 0. The topological polar surface area (TPSA) is 0 Å². The van der Waals surface area contributed by atoms with E-state index in [2.05, 4.69) is 6.07 Å². The van der Waals surface area contributed by atoms with Crippen LogP contribution in [0.15, 0.2) is 30.3 Å². The molecule has 0 atom stereocenters. The Balaban J connectivity index is -0.000000116. The standard InChI is InChI=1S/C6H5.C3H7.CH3.Ru/c1-2-4-6-5-3-1;1-3-2;;/h1-5H;3H,1-2H3;1H3;/q3*-1;+3. The van der Waals surface area contributed by atoms with Gasteiger partial charge in [-0.15, -0.1) is 0 Å². The van der Waals surface area contributed by atoms with Crippen molar-refractivity contribution in [2.24, 2.45) is 0 Å². The fourth-order valence-corrected chi connectivity index (χ4v) is 0.342. The van der Waals surface area contributed by atoms with Crippen molar-refractivity contribution in [1.29, 1.82) is 0 Å². The molecular weight excluding hydrogens is 221 g/mol. The monoisotopic (exact) mass is 237 g/mol. The molecule has 0 nitrogen and oxygen atoms in total. The molecule has 0 N–H and O–H groups in total. The van der Waals surface area contributed by atoms with Gasteiger partial charge in [-0.1, -0.05) is 0 Å². The van der Waals surface area contributed by atoms with Gasteiger partial charge < -0.3 is 13.8 Å². The Morgan fingerprint density at radius 2 is 1.36 bits per heavy atom. The first-order valence-electron chi connectivity index (χ1n) is 3.07. The maximum Gasteiger partial charge on any atom is 3.00 e. The summed E-state index contributed by atoms with van der Waals surface area (Å²) in [4.78, 5) is 0. The van der Waals surface area contributed by atoms with Gasteiger partial charge in [-0.25, -0.2) is 0 Å². The van der Waals surface area contributed by atoms with Crippen molar-refractivity contribution >= 4 is 0 Å². The molecule has 0 spiro atoms. The van der Waals surface area contributed by atoms with Gasteiger partial charge in [0, 0.05) is 0 Å². The molecule has 63 valence electrons. The molecule has 1 aromatic carbocycles. The zero-order valence-corrected chi connectivity index (χ0v) is 9.06. The zero-order valence-electron chi connectivity index (χ0n) is 7.32. The molecule has 11 heavy (non-hydrogen) atoms. The van der Waals surface area contributed by atoms with E-state index < -0.39 is 0 Å². The van der Waals surface area contributed by atoms with E-state index in [0.717, 1.165) is 0 Å². The molecular formula is C10H15Ru. The summed E-state index contributed by atoms with van der Waals surface area (Å²) in [6.07, 6.45) is 2.00. The molecule has 1 radical (unpaired) electrons. The molecule has 0 aliphatic heterocycles. The van der Waals surface area contributed by atoms with Crippen LogP contribution in [0.3, 0.4) is 0 Å². The van der Waals surface area contributed by atoms with Gasteiger partial charge in [-0.05, 0) is 0 Å². The van der Waals surface area contributed by atoms with Gasteiger partial charge in [-0.2, -0.15) is 50.2 Å². The SMILES string of the molecule is C[CH-]C.[CH3-].[Ru+3].[c-]1ccccc1. The molecule has 1 heteroatoms. The Morgan fingerprint density at radius 1 is 1.00 bits per heavy atom. The summed E-state index contributed by atoms with van der Waals surface area (Å²) in [5, 5.41) is 0. The van der Waals surface area contributed by atoms with Gasteiger partial charge in [0.25, 0.3) is 0 Å². The fraction of sp³-hybridized carbons (Fsp3) is 0.200. The Kier molecular flexibility index (Phi) is 25.5. The molecule has 1 aromatic rings. The van der Waals surface area contributed by atoms with Gasteiger partial charge >= 0.3 is 19.5 Å². The van der Waals surface area contributed by atoms with Gasteiger partial charge in [0.05, 0.1) is 0 Å². The van der Waals surface area contributed by atoms with Crippen LogP contribution in [0.2, 0.25) is 0 Å². The first kappa shape index (κ1) is 17.1. The van der Waals surface area contributed by atoms with Crippen molar-refractivity contribution in [3.05, 3.63) is 50.2 Å². The second-order valence-electron chi connectivity index (χ2n) is 1.65. The summed E-state index contributed by atoms with van der Waals surface area (Å²) < 4.78 is 0. The van der Waals surface area contributed by atoms with Crippen molar-refractivity contribution in [2.45, 2.75) is 13.8 Å². The summed E-state index contributed by atoms with van der Waals surface area (Å²) in [6.45, 7) is 4.00. The van der Waals surface area contributed by atoms with Crippen LogP contribution in [0.5, 0.6) is 0 Å². The molecule has 1 rings (SSSR count). The number of hydrogen-bond donors (Lipinski definition) is 0. The maximum atomic E-state index is 2.89. The maximum absolute atomic E-state index is 2.89. The summed E-state index contributed by atoms with van der Waals surface area (Å²) >= 11 is 0. The van der Waals surface area contributed by atoms with Gasteiger partial charge in [-0.3, -0.25) is 0 Å². The van der Waals surface area contributed by atoms with Crippen LogP contribution in [0, 0.1) is 19.9 Å². The Hall–Kier alpha value is -0.157. The van der Waals surface area contributed by atoms with Crippen LogP contribution < -0.4 is 0 Å². The van der Waals surface area contributed by atoms with Crippen LogP contribution in [0.4, 0.5) is 0 Å². The fourth-order valence-electron chi connectivity index (χ4n) is 0.342. The molecule has 0 unspecified atom stereocenters. The quantitative estimate of drug-likeness (QED) is 0.479. The van der Waals surface area contributed by atoms with E-state index in [0.29, 0.717) is 0 Å². The van der Waals surface area contributed by atoms with Crippen molar-refractivity contribution in [1.82, 2.24) is 0 Å². The van der Waals surface area contributed by atoms with Gasteiger partial charge in [0.1, 0.15) is 0 Å². The minimum Gasteiger partial charge on any atom is -0.358 e. The number of rotatable bonds is 0. The van der Waals surface area contributed by atoms with E-state index in [9.17, 15) is 0 Å². The Labute approximate surface area is 83.8 Å². The van der Waals surface area contributed by atoms with E-state index in [1.165, 1.54) is 0 Å². The second kappa shape index (κ2) is 16.4. The van der Waals surface area contributed by atoms with Crippen LogP contribution in [0.25, 0.3) is 0 Å². The zero-order chi connectivity index (χ0) is 6.95. The van der Waals surface area contributed by atoms with Crippen molar-refractivity contribution in [3.8, 4) is 0 Å². The molecule has 0 fully saturated rings. The molecule has 0 heterocycles. The molecule has 0 amide bonds. The van der Waals surface area contributed by atoms with Gasteiger partial charge in [0.15, 0.2) is 0 Å². The average molecular weight is 236 g/mol. The van der Waals surface area contributed by atoms with Crippen LogP contribution in [0.1, 0.15) is 13.8 Å². The average Bonchev–Trinajstić information content (AvgIpc) is 1.93. The number of hydrogen-bond acceptors (Lipinski definition) is 0. The van der Waals surface area contributed by atoms with Crippen LogP contribution in [-0.2, 0) is 19.5 Å². The third kappa shape index (κ3) is 17.7. The van der Waals surface area contributed by atoms with E-state index in [1.807, 2.05) is 50.6 Å². The second-order valence-corrected chi connectivity index (χ2v) is 1.65. The van der Waals surface area contributed by atoms with Crippen molar-refractivity contribution in [2.75, 3.05) is 0 Å². The van der Waals surface area contributed by atoms with Crippen LogP contribution in [-0.4, -0.2) is 0 Å². The Morgan fingerprint density at radius 3 is 1.45 bits per heavy atom. The van der Waals surface area contributed by atoms with E-state index in [-0.39, 0.29) is 26.9 Å². The largest absolute Gasteiger partial charge is 3.00 e. The smallest absolute Gasteiger partial charge is 0.358 e. The van der Waals surface area contributed by atoms with Crippen molar-refractivity contribution < 1.29 is 19.5 Å².